The molecular weight excluding hydrogens is 421 g/mol. The summed E-state index contributed by atoms with van der Waals surface area (Å²) in [6.45, 7) is 1.63. The van der Waals surface area contributed by atoms with Crippen LogP contribution in [0.2, 0.25) is 0 Å². The summed E-state index contributed by atoms with van der Waals surface area (Å²) in [5.74, 6) is 0.749. The number of hydrogen-bond acceptors (Lipinski definition) is 4. The van der Waals surface area contributed by atoms with E-state index in [1.807, 2.05) is 6.92 Å². The molecular formula is C23H25F3N4O2. The molecule has 1 aliphatic rings. The van der Waals surface area contributed by atoms with Crippen LogP contribution in [-0.2, 0) is 30.9 Å². The number of benzene rings is 1. The van der Waals surface area contributed by atoms with E-state index in [0.717, 1.165) is 55.0 Å². The van der Waals surface area contributed by atoms with E-state index in [4.69, 9.17) is 4.98 Å². The third kappa shape index (κ3) is 5.27. The zero-order valence-electron chi connectivity index (χ0n) is 17.8. The van der Waals surface area contributed by atoms with Gasteiger partial charge in [0.2, 0.25) is 0 Å². The fraction of sp³-hybridized carbons (Fsp3) is 0.435. The molecule has 0 radical (unpaired) electrons. The van der Waals surface area contributed by atoms with E-state index in [9.17, 15) is 18.0 Å². The SMILES string of the molecule is Cc1cc(C(=O)NCc2ccc(COCC(F)(F)F)cc2)c2nc3n(c2n1)CCCCC3. The third-order valence-corrected chi connectivity index (χ3v) is 5.45. The first-order chi connectivity index (χ1) is 15.3. The van der Waals surface area contributed by atoms with Crippen molar-refractivity contribution < 1.29 is 22.7 Å². The lowest BCUT2D eigenvalue weighted by Crippen LogP contribution is -2.23. The van der Waals surface area contributed by atoms with Crippen LogP contribution < -0.4 is 5.32 Å². The summed E-state index contributed by atoms with van der Waals surface area (Å²) in [6, 6.07) is 8.67. The molecule has 0 aliphatic carbocycles. The van der Waals surface area contributed by atoms with Gasteiger partial charge in [-0.05, 0) is 37.0 Å². The maximum Gasteiger partial charge on any atom is 0.411 e. The summed E-state index contributed by atoms with van der Waals surface area (Å²) in [4.78, 5) is 22.3. The van der Waals surface area contributed by atoms with Crippen LogP contribution in [0.25, 0.3) is 11.2 Å². The Morgan fingerprint density at radius 3 is 2.62 bits per heavy atom. The van der Waals surface area contributed by atoms with Crippen LogP contribution >= 0.6 is 0 Å². The second-order valence-corrected chi connectivity index (χ2v) is 8.08. The number of carbonyl (C=O) groups is 1. The molecule has 1 amide bonds. The van der Waals surface area contributed by atoms with Crippen molar-refractivity contribution in [2.24, 2.45) is 0 Å². The quantitative estimate of drug-likeness (QED) is 0.607. The Morgan fingerprint density at radius 2 is 1.88 bits per heavy atom. The van der Waals surface area contributed by atoms with Gasteiger partial charge >= 0.3 is 6.18 Å². The number of rotatable bonds is 6. The number of nitrogens with one attached hydrogen (secondary N) is 1. The smallest absolute Gasteiger partial charge is 0.367 e. The van der Waals surface area contributed by atoms with Crippen LogP contribution in [-0.4, -0.2) is 33.2 Å². The molecule has 0 atom stereocenters. The lowest BCUT2D eigenvalue weighted by atomic mass is 10.1. The molecule has 0 unspecified atom stereocenters. The summed E-state index contributed by atoms with van der Waals surface area (Å²) in [6.07, 6.45) is -0.130. The molecule has 0 saturated carbocycles. The fourth-order valence-corrected chi connectivity index (χ4v) is 3.90. The molecule has 0 spiro atoms. The minimum Gasteiger partial charge on any atom is -0.367 e. The van der Waals surface area contributed by atoms with Crippen molar-refractivity contribution in [3.63, 3.8) is 0 Å². The van der Waals surface area contributed by atoms with Crippen LogP contribution in [0.1, 0.15) is 52.3 Å². The van der Waals surface area contributed by atoms with Crippen molar-refractivity contribution in [1.82, 2.24) is 19.9 Å². The van der Waals surface area contributed by atoms with Crippen LogP contribution in [0.3, 0.4) is 0 Å². The normalized spacial score (nSPS) is 14.2. The van der Waals surface area contributed by atoms with E-state index >= 15 is 0 Å². The van der Waals surface area contributed by atoms with E-state index in [1.165, 1.54) is 0 Å². The second-order valence-electron chi connectivity index (χ2n) is 8.08. The standard InChI is InChI=1S/C23H25F3N4O2/c1-15-11-18(20-21(28-15)30-10-4-2-3-5-19(30)29-20)22(31)27-12-16-6-8-17(9-7-16)13-32-14-23(24,25)26/h6-9,11H,2-5,10,12-14H2,1H3,(H,27,31). The molecule has 9 heteroatoms. The molecule has 0 bridgehead atoms. The topological polar surface area (TPSA) is 69.0 Å². The number of aromatic nitrogens is 3. The van der Waals surface area contributed by atoms with E-state index in [0.29, 0.717) is 23.2 Å². The van der Waals surface area contributed by atoms with Crippen molar-refractivity contribution >= 4 is 17.1 Å². The summed E-state index contributed by atoms with van der Waals surface area (Å²) in [5.41, 5.74) is 4.12. The van der Waals surface area contributed by atoms with E-state index in [2.05, 4.69) is 19.6 Å². The van der Waals surface area contributed by atoms with E-state index < -0.39 is 12.8 Å². The lowest BCUT2D eigenvalue weighted by Gasteiger charge is -2.10. The number of imidazole rings is 1. The number of amides is 1. The van der Waals surface area contributed by atoms with Gasteiger partial charge in [-0.25, -0.2) is 9.97 Å². The maximum atomic E-state index is 13.0. The molecule has 1 aliphatic heterocycles. The van der Waals surface area contributed by atoms with Gasteiger partial charge in [0.1, 0.15) is 17.9 Å². The number of ether oxygens (including phenoxy) is 1. The Morgan fingerprint density at radius 1 is 1.12 bits per heavy atom. The number of alkyl halides is 3. The predicted molar refractivity (Wildman–Crippen MR) is 113 cm³/mol. The molecule has 1 N–H and O–H groups in total. The number of aryl methyl sites for hydroxylation is 3. The van der Waals surface area contributed by atoms with Crippen molar-refractivity contribution in [2.75, 3.05) is 6.61 Å². The van der Waals surface area contributed by atoms with Gasteiger partial charge in [-0.15, -0.1) is 0 Å². The zero-order valence-corrected chi connectivity index (χ0v) is 17.8. The van der Waals surface area contributed by atoms with Gasteiger partial charge in [-0.3, -0.25) is 4.79 Å². The van der Waals surface area contributed by atoms with Crippen molar-refractivity contribution in [1.29, 1.82) is 0 Å². The van der Waals surface area contributed by atoms with Crippen molar-refractivity contribution in [3.8, 4) is 0 Å². The molecule has 4 rings (SSSR count). The monoisotopic (exact) mass is 446 g/mol. The van der Waals surface area contributed by atoms with Crippen LogP contribution in [0, 0.1) is 6.92 Å². The van der Waals surface area contributed by atoms with Crippen molar-refractivity contribution in [2.45, 2.75) is 58.5 Å². The maximum absolute atomic E-state index is 13.0. The highest BCUT2D eigenvalue weighted by atomic mass is 19.4. The van der Waals surface area contributed by atoms with E-state index in [1.54, 1.807) is 30.3 Å². The number of hydrogen-bond donors (Lipinski definition) is 1. The average Bonchev–Trinajstić information content (AvgIpc) is 2.92. The highest BCUT2D eigenvalue weighted by Gasteiger charge is 2.27. The molecule has 2 aromatic heterocycles. The first-order valence-corrected chi connectivity index (χ1v) is 10.7. The Hall–Kier alpha value is -2.94. The van der Waals surface area contributed by atoms with Gasteiger partial charge < -0.3 is 14.6 Å². The fourth-order valence-electron chi connectivity index (χ4n) is 3.90. The number of halogens is 3. The van der Waals surface area contributed by atoms with Crippen LogP contribution in [0.15, 0.2) is 30.3 Å². The Kier molecular flexibility index (Phi) is 6.45. The second kappa shape index (κ2) is 9.28. The van der Waals surface area contributed by atoms with Crippen LogP contribution in [0.4, 0.5) is 13.2 Å². The molecule has 1 aromatic carbocycles. The van der Waals surface area contributed by atoms with Gasteiger partial charge in [0, 0.05) is 25.2 Å². The summed E-state index contributed by atoms with van der Waals surface area (Å²) >= 11 is 0. The Bertz CT molecular complexity index is 1110. The average molecular weight is 446 g/mol. The summed E-state index contributed by atoms with van der Waals surface area (Å²) in [5, 5.41) is 2.91. The Labute approximate surface area is 183 Å². The molecule has 0 saturated heterocycles. The minimum atomic E-state index is -4.34. The third-order valence-electron chi connectivity index (χ3n) is 5.45. The Balaban J connectivity index is 1.43. The molecule has 3 aromatic rings. The van der Waals surface area contributed by atoms with Crippen LogP contribution in [0.5, 0.6) is 0 Å². The number of nitrogens with zero attached hydrogens (tertiary/aromatic N) is 3. The highest BCUT2D eigenvalue weighted by molar-refractivity contribution is 6.04. The minimum absolute atomic E-state index is 0.120. The number of fused-ring (bicyclic) bond motifs is 3. The summed E-state index contributed by atoms with van der Waals surface area (Å²) in [7, 11) is 0. The summed E-state index contributed by atoms with van der Waals surface area (Å²) < 4.78 is 43.3. The van der Waals surface area contributed by atoms with Gasteiger partial charge in [-0.2, -0.15) is 13.2 Å². The van der Waals surface area contributed by atoms with Gasteiger partial charge in [0.25, 0.3) is 5.91 Å². The lowest BCUT2D eigenvalue weighted by molar-refractivity contribution is -0.176. The highest BCUT2D eigenvalue weighted by Crippen LogP contribution is 2.24. The number of pyridine rings is 1. The van der Waals surface area contributed by atoms with E-state index in [-0.39, 0.29) is 12.5 Å². The molecule has 170 valence electrons. The van der Waals surface area contributed by atoms with Gasteiger partial charge in [0.05, 0.1) is 12.2 Å². The number of carbonyl (C=O) groups excluding carboxylic acids is 1. The van der Waals surface area contributed by atoms with Gasteiger partial charge in [-0.1, -0.05) is 30.7 Å². The zero-order chi connectivity index (χ0) is 22.7. The van der Waals surface area contributed by atoms with Gasteiger partial charge in [0.15, 0.2) is 5.65 Å². The van der Waals surface area contributed by atoms with Crippen molar-refractivity contribution in [3.05, 3.63) is 58.5 Å². The first kappa shape index (κ1) is 22.3. The molecule has 3 heterocycles. The predicted octanol–water partition coefficient (Wildman–Crippen LogP) is 4.48. The molecule has 6 nitrogen and oxygen atoms in total. The molecule has 0 fully saturated rings. The molecule has 32 heavy (non-hydrogen) atoms. The largest absolute Gasteiger partial charge is 0.411 e. The first-order valence-electron chi connectivity index (χ1n) is 10.7.